The molecule has 0 aliphatic carbocycles. The van der Waals surface area contributed by atoms with Crippen molar-refractivity contribution in [3.8, 4) is 0 Å². The first-order chi connectivity index (χ1) is 5.00. The molecule has 0 aromatic carbocycles. The molecule has 1 aliphatic rings. The molecule has 0 amide bonds. The maximum atomic E-state index is 12.7. The van der Waals surface area contributed by atoms with Gasteiger partial charge in [0, 0.05) is 0 Å². The molecular weight excluding hydrogens is 154 g/mol. The number of hydrogen-bond acceptors (Lipinski definition) is 2. The SMILES string of the molecule is CCC1OC(=O)C(F)(F)[C@@H]1C. The summed E-state index contributed by atoms with van der Waals surface area (Å²) >= 11 is 0. The Morgan fingerprint density at radius 2 is 2.18 bits per heavy atom. The predicted octanol–water partition coefficient (Wildman–Crippen LogP) is 1.59. The van der Waals surface area contributed by atoms with Gasteiger partial charge in [-0.05, 0) is 6.42 Å². The predicted molar refractivity (Wildman–Crippen MR) is 34.3 cm³/mol. The third-order valence-corrected chi connectivity index (χ3v) is 2.06. The first kappa shape index (κ1) is 8.43. The van der Waals surface area contributed by atoms with Crippen LogP contribution in [-0.2, 0) is 9.53 Å². The van der Waals surface area contributed by atoms with E-state index in [1.165, 1.54) is 6.92 Å². The number of carbonyl (C=O) groups excluding carboxylic acids is 1. The number of ether oxygens (including phenoxy) is 1. The Bertz CT molecular complexity index is 179. The fourth-order valence-electron chi connectivity index (χ4n) is 1.17. The Balaban J connectivity index is 2.80. The maximum absolute atomic E-state index is 12.7. The van der Waals surface area contributed by atoms with Gasteiger partial charge in [-0.15, -0.1) is 0 Å². The van der Waals surface area contributed by atoms with Crippen molar-refractivity contribution in [3.63, 3.8) is 0 Å². The highest BCUT2D eigenvalue weighted by molar-refractivity contribution is 5.80. The van der Waals surface area contributed by atoms with E-state index in [-0.39, 0.29) is 0 Å². The molecule has 1 fully saturated rings. The summed E-state index contributed by atoms with van der Waals surface area (Å²) < 4.78 is 29.8. The average Bonchev–Trinajstić information content (AvgIpc) is 2.14. The molecule has 2 atom stereocenters. The Hall–Kier alpha value is -0.670. The highest BCUT2D eigenvalue weighted by Gasteiger charge is 2.56. The van der Waals surface area contributed by atoms with Gasteiger partial charge in [-0.25, -0.2) is 4.79 Å². The Kier molecular flexibility index (Phi) is 1.86. The van der Waals surface area contributed by atoms with Gasteiger partial charge in [-0.3, -0.25) is 0 Å². The molecule has 0 saturated carbocycles. The van der Waals surface area contributed by atoms with Crippen LogP contribution in [0.5, 0.6) is 0 Å². The number of carbonyl (C=O) groups is 1. The van der Waals surface area contributed by atoms with Crippen molar-refractivity contribution in [2.45, 2.75) is 32.3 Å². The number of alkyl halides is 2. The van der Waals surface area contributed by atoms with Gasteiger partial charge in [-0.2, -0.15) is 8.78 Å². The van der Waals surface area contributed by atoms with Crippen molar-refractivity contribution < 1.29 is 18.3 Å². The molecule has 1 rings (SSSR count). The van der Waals surface area contributed by atoms with Crippen molar-refractivity contribution in [1.29, 1.82) is 0 Å². The minimum absolute atomic E-state index is 0.447. The zero-order valence-electron chi connectivity index (χ0n) is 6.43. The largest absolute Gasteiger partial charge is 0.457 e. The third kappa shape index (κ3) is 1.10. The molecule has 0 bridgehead atoms. The van der Waals surface area contributed by atoms with E-state index in [1.54, 1.807) is 6.92 Å². The first-order valence-corrected chi connectivity index (χ1v) is 3.59. The summed E-state index contributed by atoms with van der Waals surface area (Å²) in [6, 6.07) is 0. The topological polar surface area (TPSA) is 26.3 Å². The molecule has 2 nitrogen and oxygen atoms in total. The first-order valence-electron chi connectivity index (χ1n) is 3.59. The highest BCUT2D eigenvalue weighted by atomic mass is 19.3. The molecule has 64 valence electrons. The number of hydrogen-bond donors (Lipinski definition) is 0. The van der Waals surface area contributed by atoms with Crippen LogP contribution in [0, 0.1) is 5.92 Å². The molecule has 1 unspecified atom stereocenters. The summed E-state index contributed by atoms with van der Waals surface area (Å²) in [5.41, 5.74) is 0. The fraction of sp³-hybridized carbons (Fsp3) is 0.857. The van der Waals surface area contributed by atoms with Crippen molar-refractivity contribution in [1.82, 2.24) is 0 Å². The Morgan fingerprint density at radius 3 is 2.36 bits per heavy atom. The van der Waals surface area contributed by atoms with Crippen molar-refractivity contribution in [2.75, 3.05) is 0 Å². The summed E-state index contributed by atoms with van der Waals surface area (Å²) in [6.45, 7) is 3.05. The minimum atomic E-state index is -3.28. The lowest BCUT2D eigenvalue weighted by Crippen LogP contribution is -2.30. The van der Waals surface area contributed by atoms with Crippen LogP contribution in [0.25, 0.3) is 0 Å². The van der Waals surface area contributed by atoms with Crippen LogP contribution in [-0.4, -0.2) is 18.0 Å². The van der Waals surface area contributed by atoms with E-state index in [0.717, 1.165) is 0 Å². The molecule has 0 aromatic rings. The van der Waals surface area contributed by atoms with E-state index in [1.807, 2.05) is 0 Å². The summed E-state index contributed by atoms with van der Waals surface area (Å²) in [5, 5.41) is 0. The Morgan fingerprint density at radius 1 is 1.64 bits per heavy atom. The van der Waals surface area contributed by atoms with Crippen LogP contribution < -0.4 is 0 Å². The normalized spacial score (nSPS) is 35.5. The van der Waals surface area contributed by atoms with Crippen LogP contribution in [0.15, 0.2) is 0 Å². The van der Waals surface area contributed by atoms with Crippen molar-refractivity contribution in [3.05, 3.63) is 0 Å². The fourth-order valence-corrected chi connectivity index (χ4v) is 1.17. The van der Waals surface area contributed by atoms with Gasteiger partial charge in [0.25, 0.3) is 0 Å². The van der Waals surface area contributed by atoms with E-state index in [4.69, 9.17) is 0 Å². The molecule has 4 heteroatoms. The zero-order chi connectivity index (χ0) is 8.65. The molecular formula is C7H10F2O2. The minimum Gasteiger partial charge on any atom is -0.457 e. The molecule has 1 saturated heterocycles. The van der Waals surface area contributed by atoms with Gasteiger partial charge in [0.15, 0.2) is 0 Å². The molecule has 1 aliphatic heterocycles. The second kappa shape index (κ2) is 2.43. The quantitative estimate of drug-likeness (QED) is 0.550. The van der Waals surface area contributed by atoms with E-state index in [2.05, 4.69) is 4.74 Å². The lowest BCUT2D eigenvalue weighted by molar-refractivity contribution is -0.160. The van der Waals surface area contributed by atoms with Crippen LogP contribution in [0.4, 0.5) is 8.78 Å². The second-order valence-corrected chi connectivity index (χ2v) is 2.76. The number of cyclic esters (lactones) is 1. The van der Waals surface area contributed by atoms with Crippen LogP contribution in [0.2, 0.25) is 0 Å². The molecule has 0 N–H and O–H groups in total. The number of rotatable bonds is 1. The van der Waals surface area contributed by atoms with E-state index >= 15 is 0 Å². The highest BCUT2D eigenvalue weighted by Crippen LogP contribution is 2.37. The smallest absolute Gasteiger partial charge is 0.377 e. The van der Waals surface area contributed by atoms with E-state index in [9.17, 15) is 13.6 Å². The maximum Gasteiger partial charge on any atom is 0.377 e. The van der Waals surface area contributed by atoms with Crippen LogP contribution in [0.3, 0.4) is 0 Å². The monoisotopic (exact) mass is 164 g/mol. The van der Waals surface area contributed by atoms with Gasteiger partial charge in [0.1, 0.15) is 6.10 Å². The molecule has 0 spiro atoms. The number of halogens is 2. The molecule has 11 heavy (non-hydrogen) atoms. The van der Waals surface area contributed by atoms with Crippen molar-refractivity contribution >= 4 is 5.97 Å². The van der Waals surface area contributed by atoms with E-state index in [0.29, 0.717) is 6.42 Å². The third-order valence-electron chi connectivity index (χ3n) is 2.06. The summed E-state index contributed by atoms with van der Waals surface area (Å²) in [5.74, 6) is -5.64. The second-order valence-electron chi connectivity index (χ2n) is 2.76. The summed E-state index contributed by atoms with van der Waals surface area (Å²) in [6.07, 6.45) is -0.167. The van der Waals surface area contributed by atoms with Crippen LogP contribution in [0.1, 0.15) is 20.3 Å². The van der Waals surface area contributed by atoms with Gasteiger partial charge in [0.05, 0.1) is 5.92 Å². The molecule has 0 radical (unpaired) electrons. The lowest BCUT2D eigenvalue weighted by atomic mass is 9.99. The average molecular weight is 164 g/mol. The van der Waals surface area contributed by atoms with Crippen LogP contribution >= 0.6 is 0 Å². The standard InChI is InChI=1S/C7H10F2O2/c1-3-5-4(2)7(8,9)6(10)11-5/h4-5H,3H2,1-2H3/t4-,5?/m1/s1. The van der Waals surface area contributed by atoms with Gasteiger partial charge in [0.2, 0.25) is 0 Å². The van der Waals surface area contributed by atoms with Crippen molar-refractivity contribution in [2.24, 2.45) is 5.92 Å². The molecule has 1 heterocycles. The van der Waals surface area contributed by atoms with E-state index < -0.39 is 23.9 Å². The summed E-state index contributed by atoms with van der Waals surface area (Å²) in [7, 11) is 0. The zero-order valence-corrected chi connectivity index (χ0v) is 6.43. The molecule has 0 aromatic heterocycles. The van der Waals surface area contributed by atoms with Gasteiger partial charge >= 0.3 is 11.9 Å². The van der Waals surface area contributed by atoms with Gasteiger partial charge < -0.3 is 4.74 Å². The van der Waals surface area contributed by atoms with Gasteiger partial charge in [-0.1, -0.05) is 13.8 Å². The number of esters is 1. The summed E-state index contributed by atoms with van der Waals surface area (Å²) in [4.78, 5) is 10.5. The Labute approximate surface area is 63.5 Å². The lowest BCUT2D eigenvalue weighted by Gasteiger charge is -2.12.